The molecule has 7 nitrogen and oxygen atoms in total. The second-order valence-corrected chi connectivity index (χ2v) is 5.66. The molecule has 0 aliphatic rings. The number of nitrogens with one attached hydrogen (secondary N) is 2. The highest BCUT2D eigenvalue weighted by molar-refractivity contribution is 5.96. The third-order valence-electron chi connectivity index (χ3n) is 3.69. The standard InChI is InChI=1S/C20H22N2O5/c1-26-17-9-7-15(8-10-17)11-12-21-18(23)14-27-19(24)13-22-20(25)16-5-3-2-4-6-16/h2-10H,11-14H2,1H3,(H,21,23)(H,22,25). The van der Waals surface area contributed by atoms with Crippen LogP contribution in [0.25, 0.3) is 0 Å². The summed E-state index contributed by atoms with van der Waals surface area (Å²) in [5, 5.41) is 5.11. The van der Waals surface area contributed by atoms with Gasteiger partial charge in [-0.3, -0.25) is 14.4 Å². The fraction of sp³-hybridized carbons (Fsp3) is 0.250. The van der Waals surface area contributed by atoms with Crippen molar-refractivity contribution in [3.8, 4) is 5.75 Å². The zero-order chi connectivity index (χ0) is 19.5. The molecular weight excluding hydrogens is 348 g/mol. The predicted molar refractivity (Wildman–Crippen MR) is 99.4 cm³/mol. The molecule has 0 heterocycles. The molecule has 142 valence electrons. The Bertz CT molecular complexity index is 760. The van der Waals surface area contributed by atoms with Crippen LogP contribution in [0.4, 0.5) is 0 Å². The zero-order valence-corrected chi connectivity index (χ0v) is 15.1. The maximum atomic E-state index is 11.8. The summed E-state index contributed by atoms with van der Waals surface area (Å²) in [4.78, 5) is 35.1. The van der Waals surface area contributed by atoms with Crippen LogP contribution in [0.15, 0.2) is 54.6 Å². The van der Waals surface area contributed by atoms with Gasteiger partial charge in [0.1, 0.15) is 12.3 Å². The summed E-state index contributed by atoms with van der Waals surface area (Å²) in [6, 6.07) is 16.0. The Morgan fingerprint density at radius 1 is 0.926 bits per heavy atom. The van der Waals surface area contributed by atoms with Gasteiger partial charge in [0, 0.05) is 12.1 Å². The highest BCUT2D eigenvalue weighted by Crippen LogP contribution is 2.11. The van der Waals surface area contributed by atoms with Crippen molar-refractivity contribution in [2.45, 2.75) is 6.42 Å². The van der Waals surface area contributed by atoms with E-state index in [0.717, 1.165) is 11.3 Å². The van der Waals surface area contributed by atoms with Crippen molar-refractivity contribution in [1.29, 1.82) is 0 Å². The van der Waals surface area contributed by atoms with Crippen molar-refractivity contribution >= 4 is 17.8 Å². The normalized spacial score (nSPS) is 9.96. The van der Waals surface area contributed by atoms with E-state index in [0.29, 0.717) is 18.5 Å². The number of rotatable bonds is 9. The number of ether oxygens (including phenoxy) is 2. The molecule has 0 spiro atoms. The second-order valence-electron chi connectivity index (χ2n) is 5.66. The Kier molecular flexibility index (Phi) is 7.84. The van der Waals surface area contributed by atoms with Crippen LogP contribution >= 0.6 is 0 Å². The number of hydrogen-bond donors (Lipinski definition) is 2. The number of methoxy groups -OCH3 is 1. The first kappa shape index (κ1) is 20.0. The van der Waals surface area contributed by atoms with Crippen LogP contribution in [0.1, 0.15) is 15.9 Å². The van der Waals surface area contributed by atoms with E-state index in [1.165, 1.54) is 0 Å². The third-order valence-corrected chi connectivity index (χ3v) is 3.69. The van der Waals surface area contributed by atoms with Crippen LogP contribution in [-0.2, 0) is 20.7 Å². The van der Waals surface area contributed by atoms with Gasteiger partial charge in [-0.15, -0.1) is 0 Å². The minimum absolute atomic E-state index is 0.299. The fourth-order valence-electron chi connectivity index (χ4n) is 2.23. The molecule has 0 fully saturated rings. The Labute approximate surface area is 157 Å². The average molecular weight is 370 g/mol. The van der Waals surface area contributed by atoms with Crippen molar-refractivity contribution in [2.75, 3.05) is 26.8 Å². The number of carbonyl (C=O) groups is 3. The van der Waals surface area contributed by atoms with Gasteiger partial charge in [0.15, 0.2) is 6.61 Å². The maximum absolute atomic E-state index is 11.8. The molecule has 27 heavy (non-hydrogen) atoms. The van der Waals surface area contributed by atoms with Crippen LogP contribution in [0.5, 0.6) is 5.75 Å². The van der Waals surface area contributed by atoms with Crippen molar-refractivity contribution < 1.29 is 23.9 Å². The van der Waals surface area contributed by atoms with Gasteiger partial charge in [-0.25, -0.2) is 0 Å². The molecule has 2 N–H and O–H groups in total. The summed E-state index contributed by atoms with van der Waals surface area (Å²) >= 11 is 0. The summed E-state index contributed by atoms with van der Waals surface area (Å²) in [5.74, 6) is -0.679. The first-order valence-corrected chi connectivity index (χ1v) is 8.47. The molecular formula is C20H22N2O5. The Morgan fingerprint density at radius 3 is 2.30 bits per heavy atom. The van der Waals surface area contributed by atoms with Gasteiger partial charge in [0.2, 0.25) is 0 Å². The summed E-state index contributed by atoms with van der Waals surface area (Å²) in [7, 11) is 1.60. The fourth-order valence-corrected chi connectivity index (χ4v) is 2.23. The molecule has 0 radical (unpaired) electrons. The van der Waals surface area contributed by atoms with Gasteiger partial charge in [-0.2, -0.15) is 0 Å². The summed E-state index contributed by atoms with van der Waals surface area (Å²) < 4.78 is 9.92. The van der Waals surface area contributed by atoms with E-state index in [-0.39, 0.29) is 19.1 Å². The van der Waals surface area contributed by atoms with Gasteiger partial charge in [-0.1, -0.05) is 30.3 Å². The summed E-state index contributed by atoms with van der Waals surface area (Å²) in [6.07, 6.45) is 0.650. The van der Waals surface area contributed by atoms with E-state index in [4.69, 9.17) is 9.47 Å². The van der Waals surface area contributed by atoms with Crippen LogP contribution in [0.2, 0.25) is 0 Å². The zero-order valence-electron chi connectivity index (χ0n) is 15.1. The van der Waals surface area contributed by atoms with Crippen molar-refractivity contribution in [3.63, 3.8) is 0 Å². The van der Waals surface area contributed by atoms with Gasteiger partial charge in [0.25, 0.3) is 11.8 Å². The molecule has 2 amide bonds. The Balaban J connectivity index is 1.60. The van der Waals surface area contributed by atoms with Crippen molar-refractivity contribution in [2.24, 2.45) is 0 Å². The summed E-state index contributed by atoms with van der Waals surface area (Å²) in [5.41, 5.74) is 1.50. The first-order valence-electron chi connectivity index (χ1n) is 8.47. The van der Waals surface area contributed by atoms with Crippen LogP contribution in [0, 0.1) is 0 Å². The number of amides is 2. The smallest absolute Gasteiger partial charge is 0.325 e. The largest absolute Gasteiger partial charge is 0.497 e. The average Bonchev–Trinajstić information content (AvgIpc) is 2.71. The molecule has 0 aromatic heterocycles. The lowest BCUT2D eigenvalue weighted by Crippen LogP contribution is -2.34. The monoisotopic (exact) mass is 370 g/mol. The lowest BCUT2D eigenvalue weighted by molar-refractivity contribution is -0.147. The van der Waals surface area contributed by atoms with Gasteiger partial charge >= 0.3 is 5.97 Å². The highest BCUT2D eigenvalue weighted by Gasteiger charge is 2.10. The number of carbonyl (C=O) groups excluding carboxylic acids is 3. The molecule has 0 atom stereocenters. The molecule has 0 bridgehead atoms. The van der Waals surface area contributed by atoms with E-state index >= 15 is 0 Å². The summed E-state index contributed by atoms with van der Waals surface area (Å²) in [6.45, 7) is -0.261. The Hall–Kier alpha value is -3.35. The molecule has 0 aliphatic carbocycles. The Morgan fingerprint density at radius 2 is 1.63 bits per heavy atom. The van der Waals surface area contributed by atoms with E-state index in [9.17, 15) is 14.4 Å². The molecule has 2 aromatic rings. The number of esters is 1. The van der Waals surface area contributed by atoms with Crippen LogP contribution < -0.4 is 15.4 Å². The SMILES string of the molecule is COc1ccc(CCNC(=O)COC(=O)CNC(=O)c2ccccc2)cc1. The molecule has 0 aliphatic heterocycles. The molecule has 7 heteroatoms. The van der Waals surface area contributed by atoms with Gasteiger partial charge in [-0.05, 0) is 36.2 Å². The van der Waals surface area contributed by atoms with E-state index < -0.39 is 11.9 Å². The van der Waals surface area contributed by atoms with E-state index in [1.54, 1.807) is 37.4 Å². The molecule has 0 saturated heterocycles. The van der Waals surface area contributed by atoms with Crippen LogP contribution in [-0.4, -0.2) is 44.6 Å². The van der Waals surface area contributed by atoms with E-state index in [2.05, 4.69) is 10.6 Å². The van der Waals surface area contributed by atoms with Crippen molar-refractivity contribution in [1.82, 2.24) is 10.6 Å². The molecule has 0 saturated carbocycles. The molecule has 0 unspecified atom stereocenters. The van der Waals surface area contributed by atoms with E-state index in [1.807, 2.05) is 24.3 Å². The van der Waals surface area contributed by atoms with Gasteiger partial charge in [0.05, 0.1) is 7.11 Å². The number of hydrogen-bond acceptors (Lipinski definition) is 5. The maximum Gasteiger partial charge on any atom is 0.325 e. The quantitative estimate of drug-likeness (QED) is 0.650. The van der Waals surface area contributed by atoms with Gasteiger partial charge < -0.3 is 20.1 Å². The predicted octanol–water partition coefficient (Wildman–Crippen LogP) is 1.33. The molecule has 2 rings (SSSR count). The topological polar surface area (TPSA) is 93.7 Å². The molecule has 2 aromatic carbocycles. The lowest BCUT2D eigenvalue weighted by Gasteiger charge is -2.08. The lowest BCUT2D eigenvalue weighted by atomic mass is 10.1. The third kappa shape index (κ3) is 7.19. The number of benzene rings is 2. The first-order chi connectivity index (χ1) is 13.1. The second kappa shape index (κ2) is 10.6. The minimum atomic E-state index is -0.676. The van der Waals surface area contributed by atoms with Crippen molar-refractivity contribution in [3.05, 3.63) is 65.7 Å². The minimum Gasteiger partial charge on any atom is -0.497 e. The highest BCUT2D eigenvalue weighted by atomic mass is 16.5. The van der Waals surface area contributed by atoms with Crippen LogP contribution in [0.3, 0.4) is 0 Å².